The van der Waals surface area contributed by atoms with E-state index in [0.29, 0.717) is 12.5 Å². The first kappa shape index (κ1) is 21.4. The Hall–Kier alpha value is -0.900. The molecule has 2 heterocycles. The molecule has 1 saturated carbocycles. The molecule has 1 fully saturated rings. The predicted molar refractivity (Wildman–Crippen MR) is 114 cm³/mol. The van der Waals surface area contributed by atoms with Crippen molar-refractivity contribution >= 4 is 29.9 Å². The van der Waals surface area contributed by atoms with E-state index in [1.807, 2.05) is 11.6 Å². The first-order valence-corrected chi connectivity index (χ1v) is 9.81. The van der Waals surface area contributed by atoms with Crippen molar-refractivity contribution in [3.05, 3.63) is 11.6 Å². The number of hydrogen-bond acceptors (Lipinski definition) is 4. The molecule has 148 valence electrons. The molecule has 2 unspecified atom stereocenters. The van der Waals surface area contributed by atoms with Crippen molar-refractivity contribution in [3.63, 3.8) is 0 Å². The van der Waals surface area contributed by atoms with Gasteiger partial charge in [0.2, 0.25) is 0 Å². The van der Waals surface area contributed by atoms with Crippen molar-refractivity contribution in [1.82, 2.24) is 25.4 Å². The fourth-order valence-corrected chi connectivity index (χ4v) is 3.94. The number of aromatic nitrogens is 3. The fraction of sp³-hybridized carbons (Fsp3) is 0.833. The van der Waals surface area contributed by atoms with Gasteiger partial charge in [-0.25, -0.2) is 9.67 Å². The summed E-state index contributed by atoms with van der Waals surface area (Å²) in [5.41, 5.74) is 0. The van der Waals surface area contributed by atoms with Gasteiger partial charge in [-0.15, -0.1) is 24.0 Å². The van der Waals surface area contributed by atoms with Crippen molar-refractivity contribution < 1.29 is 5.11 Å². The molecule has 0 saturated heterocycles. The number of nitrogens with one attached hydrogen (secondary N) is 2. The normalized spacial score (nSPS) is 22.3. The highest BCUT2D eigenvalue weighted by molar-refractivity contribution is 14.0. The Morgan fingerprint density at radius 3 is 2.77 bits per heavy atom. The number of aliphatic imine (C=N–C) groups is 1. The van der Waals surface area contributed by atoms with Crippen molar-refractivity contribution in [2.24, 2.45) is 10.9 Å². The molecule has 7 nitrogen and oxygen atoms in total. The Morgan fingerprint density at radius 1 is 1.27 bits per heavy atom. The number of rotatable bonds is 5. The van der Waals surface area contributed by atoms with Gasteiger partial charge < -0.3 is 15.7 Å². The molecule has 0 bridgehead atoms. The first-order chi connectivity index (χ1) is 12.2. The summed E-state index contributed by atoms with van der Waals surface area (Å²) in [7, 11) is 0. The molecule has 3 N–H and O–H groups in total. The second-order valence-electron chi connectivity index (χ2n) is 7.26. The number of hydrogen-bond donors (Lipinski definition) is 3. The number of halogens is 1. The van der Waals surface area contributed by atoms with Gasteiger partial charge >= 0.3 is 0 Å². The quantitative estimate of drug-likeness (QED) is 0.346. The van der Waals surface area contributed by atoms with Gasteiger partial charge in [0.15, 0.2) is 5.96 Å². The van der Waals surface area contributed by atoms with Crippen LogP contribution in [0.2, 0.25) is 0 Å². The van der Waals surface area contributed by atoms with Crippen molar-refractivity contribution in [2.45, 2.75) is 77.5 Å². The molecule has 1 aliphatic carbocycles. The second-order valence-corrected chi connectivity index (χ2v) is 7.26. The zero-order valence-corrected chi connectivity index (χ0v) is 18.3. The number of nitrogens with zero attached hydrogens (tertiary/aromatic N) is 4. The topological polar surface area (TPSA) is 87.4 Å². The Balaban J connectivity index is 0.00000243. The monoisotopic (exact) mass is 476 g/mol. The summed E-state index contributed by atoms with van der Waals surface area (Å²) < 4.78 is 2.00. The van der Waals surface area contributed by atoms with Crippen LogP contribution in [-0.2, 0) is 6.54 Å². The molecular formula is C18H33IN6O. The number of fused-ring (bicyclic) bond motifs is 1. The summed E-state index contributed by atoms with van der Waals surface area (Å²) in [4.78, 5) is 9.22. The summed E-state index contributed by atoms with van der Waals surface area (Å²) in [6.07, 6.45) is 7.80. The third-order valence-electron chi connectivity index (χ3n) is 5.27. The molecule has 2 atom stereocenters. The zero-order valence-electron chi connectivity index (χ0n) is 15.9. The maximum absolute atomic E-state index is 10.5. The molecule has 0 aromatic carbocycles. The SMILES string of the molecule is CCNC(=NCC(O)C1CCCCC1)NC1CCCn2nc(C)nc21.I. The molecule has 1 aliphatic heterocycles. The van der Waals surface area contributed by atoms with Gasteiger partial charge in [-0.05, 0) is 45.4 Å². The van der Waals surface area contributed by atoms with E-state index in [9.17, 15) is 5.11 Å². The van der Waals surface area contributed by atoms with E-state index in [4.69, 9.17) is 0 Å². The van der Waals surface area contributed by atoms with E-state index in [-0.39, 0.29) is 36.1 Å². The molecule has 26 heavy (non-hydrogen) atoms. The van der Waals surface area contributed by atoms with Crippen molar-refractivity contribution in [3.8, 4) is 0 Å². The molecule has 0 amide bonds. The van der Waals surface area contributed by atoms with Crippen LogP contribution in [0.5, 0.6) is 0 Å². The van der Waals surface area contributed by atoms with E-state index in [1.54, 1.807) is 0 Å². The van der Waals surface area contributed by atoms with E-state index >= 15 is 0 Å². The lowest BCUT2D eigenvalue weighted by Crippen LogP contribution is -2.42. The summed E-state index contributed by atoms with van der Waals surface area (Å²) in [5.74, 6) is 2.97. The Labute approximate surface area is 173 Å². The predicted octanol–water partition coefficient (Wildman–Crippen LogP) is 2.54. The van der Waals surface area contributed by atoms with Crippen LogP contribution in [0.3, 0.4) is 0 Å². The van der Waals surface area contributed by atoms with E-state index < -0.39 is 0 Å². The third kappa shape index (κ3) is 5.55. The lowest BCUT2D eigenvalue weighted by molar-refractivity contribution is 0.0923. The Bertz CT molecular complexity index is 584. The molecule has 8 heteroatoms. The van der Waals surface area contributed by atoms with Crippen LogP contribution in [0, 0.1) is 12.8 Å². The molecule has 1 aromatic rings. The van der Waals surface area contributed by atoms with Gasteiger partial charge in [-0.3, -0.25) is 4.99 Å². The summed E-state index contributed by atoms with van der Waals surface area (Å²) in [6, 6.07) is 0.125. The Morgan fingerprint density at radius 2 is 2.04 bits per heavy atom. The van der Waals surface area contributed by atoms with E-state index in [1.165, 1.54) is 19.3 Å². The van der Waals surface area contributed by atoms with Gasteiger partial charge in [0.05, 0.1) is 18.7 Å². The molecule has 3 rings (SSSR count). The summed E-state index contributed by atoms with van der Waals surface area (Å²) in [6.45, 7) is 6.18. The van der Waals surface area contributed by atoms with Gasteiger partial charge in [-0.1, -0.05) is 19.3 Å². The second kappa shape index (κ2) is 10.4. The minimum Gasteiger partial charge on any atom is -0.391 e. The average molecular weight is 476 g/mol. The number of aliphatic hydroxyl groups excluding tert-OH is 1. The molecule has 0 spiro atoms. The minimum absolute atomic E-state index is 0. The van der Waals surface area contributed by atoms with Crippen LogP contribution < -0.4 is 10.6 Å². The van der Waals surface area contributed by atoms with Gasteiger partial charge in [-0.2, -0.15) is 5.10 Å². The molecule has 0 radical (unpaired) electrons. The van der Waals surface area contributed by atoms with Gasteiger partial charge in [0.1, 0.15) is 11.6 Å². The number of guanidine groups is 1. The largest absolute Gasteiger partial charge is 0.391 e. The number of aliphatic hydroxyl groups is 1. The third-order valence-corrected chi connectivity index (χ3v) is 5.27. The van der Waals surface area contributed by atoms with Crippen LogP contribution in [0.1, 0.15) is 69.6 Å². The maximum atomic E-state index is 10.5. The van der Waals surface area contributed by atoms with Crippen LogP contribution >= 0.6 is 24.0 Å². The molecule has 2 aliphatic rings. The lowest BCUT2D eigenvalue weighted by Gasteiger charge is -2.27. The fourth-order valence-electron chi connectivity index (χ4n) is 3.94. The zero-order chi connectivity index (χ0) is 17.6. The standard InChI is InChI=1S/C18H32N6O.HI/c1-3-19-18(20-12-16(25)14-8-5-4-6-9-14)22-15-10-7-11-24-17(15)21-13(2)23-24;/h14-16,25H,3-12H2,1-2H3,(H2,19,20,22);1H. The van der Waals surface area contributed by atoms with E-state index in [0.717, 1.165) is 56.4 Å². The van der Waals surface area contributed by atoms with Gasteiger partial charge in [0.25, 0.3) is 0 Å². The van der Waals surface area contributed by atoms with Crippen LogP contribution in [0.15, 0.2) is 4.99 Å². The smallest absolute Gasteiger partial charge is 0.191 e. The van der Waals surface area contributed by atoms with Gasteiger partial charge in [0, 0.05) is 13.1 Å². The van der Waals surface area contributed by atoms with Crippen LogP contribution in [0.25, 0.3) is 0 Å². The van der Waals surface area contributed by atoms with Crippen LogP contribution in [-0.4, -0.2) is 45.0 Å². The van der Waals surface area contributed by atoms with Crippen molar-refractivity contribution in [1.29, 1.82) is 0 Å². The minimum atomic E-state index is -0.340. The lowest BCUT2D eigenvalue weighted by atomic mass is 9.85. The highest BCUT2D eigenvalue weighted by Gasteiger charge is 2.25. The highest BCUT2D eigenvalue weighted by Crippen LogP contribution is 2.26. The molecular weight excluding hydrogens is 443 g/mol. The first-order valence-electron chi connectivity index (χ1n) is 9.81. The maximum Gasteiger partial charge on any atom is 0.191 e. The van der Waals surface area contributed by atoms with Crippen LogP contribution in [0.4, 0.5) is 0 Å². The highest BCUT2D eigenvalue weighted by atomic mass is 127. The van der Waals surface area contributed by atoms with E-state index in [2.05, 4.69) is 32.6 Å². The van der Waals surface area contributed by atoms with Crippen molar-refractivity contribution in [2.75, 3.05) is 13.1 Å². The number of aryl methyl sites for hydroxylation is 2. The Kier molecular flexibility index (Phi) is 8.59. The summed E-state index contributed by atoms with van der Waals surface area (Å²) in [5, 5.41) is 21.7. The summed E-state index contributed by atoms with van der Waals surface area (Å²) >= 11 is 0. The average Bonchev–Trinajstić information content (AvgIpc) is 3.01. The molecule has 1 aromatic heterocycles.